The summed E-state index contributed by atoms with van der Waals surface area (Å²) in [4.78, 5) is 19.6. The van der Waals surface area contributed by atoms with Crippen LogP contribution in [0.25, 0.3) is 101 Å². The third-order valence-electron chi connectivity index (χ3n) is 13.6. The van der Waals surface area contributed by atoms with Crippen LogP contribution in [-0.4, -0.2) is 67.0 Å². The minimum atomic E-state index is -0.229. The van der Waals surface area contributed by atoms with Gasteiger partial charge in [0.05, 0.1) is 0 Å². The van der Waals surface area contributed by atoms with Gasteiger partial charge in [0.2, 0.25) is 0 Å². The largest absolute Gasteiger partial charge is 0.455 e. The minimum absolute atomic E-state index is 0.229. The highest BCUT2D eigenvalue weighted by atomic mass is 16.3. The van der Waals surface area contributed by atoms with Gasteiger partial charge in [-0.15, -0.1) is 0 Å². The first-order valence-corrected chi connectivity index (χ1v) is 21.0. The van der Waals surface area contributed by atoms with E-state index < -0.39 is 0 Å². The molecule has 6 nitrogen and oxygen atoms in total. The standard InChI is InChI=1S/C49H38B6N4O2/c1-49(2)29-18-19-31-43(60-22-56-31)34(29)28-17-16-26(21-30(28)49)33-38(51)42(55)40(53)36-35-39(52)41(54)37(50)32(44(35)61-45(33)36)25-14-9-15-27(20-25)48-58-46(23-10-5-3-6-11-23)57-47(59-48)24-12-7-4-8-13-24/h3-22H,50-55H2,1-2H3. The van der Waals surface area contributed by atoms with E-state index in [2.05, 4.69) is 121 Å². The summed E-state index contributed by atoms with van der Waals surface area (Å²) in [5, 5.41) is 2.34. The molecule has 12 heteroatoms. The van der Waals surface area contributed by atoms with E-state index in [1.165, 1.54) is 60.2 Å². The van der Waals surface area contributed by atoms with Crippen molar-refractivity contribution < 1.29 is 8.83 Å². The Hall–Kier alpha value is -6.79. The van der Waals surface area contributed by atoms with Crippen LogP contribution in [0.15, 0.2) is 130 Å². The van der Waals surface area contributed by atoms with Crippen molar-refractivity contribution in [1.82, 2.24) is 19.9 Å². The van der Waals surface area contributed by atoms with Crippen molar-refractivity contribution >= 4 is 113 Å². The summed E-state index contributed by atoms with van der Waals surface area (Å²) in [6, 6.07) is 40.0. The lowest BCUT2D eigenvalue weighted by Crippen LogP contribution is -2.42. The fourth-order valence-corrected chi connectivity index (χ4v) is 9.90. The molecule has 10 aromatic rings. The first-order chi connectivity index (χ1) is 29.5. The molecule has 0 unspecified atom stereocenters. The Balaban J connectivity index is 1.12. The van der Waals surface area contributed by atoms with Crippen molar-refractivity contribution in [2.24, 2.45) is 0 Å². The van der Waals surface area contributed by atoms with Gasteiger partial charge in [0.1, 0.15) is 63.8 Å². The molecule has 1 aliphatic carbocycles. The second-order valence-electron chi connectivity index (χ2n) is 17.2. The normalized spacial score (nSPS) is 13.0. The van der Waals surface area contributed by atoms with Crippen molar-refractivity contribution in [1.29, 1.82) is 0 Å². The van der Waals surface area contributed by atoms with E-state index in [-0.39, 0.29) is 5.41 Å². The summed E-state index contributed by atoms with van der Waals surface area (Å²) in [6.07, 6.45) is 1.55. The lowest BCUT2D eigenvalue weighted by Gasteiger charge is -2.22. The summed E-state index contributed by atoms with van der Waals surface area (Å²) in [7, 11) is 13.4. The molecular weight excluding hydrogens is 741 g/mol. The molecule has 0 N–H and O–H groups in total. The van der Waals surface area contributed by atoms with Gasteiger partial charge in [0.25, 0.3) is 0 Å². The number of benzene rings is 7. The molecule has 0 atom stereocenters. The highest BCUT2D eigenvalue weighted by molar-refractivity contribution is 6.66. The number of rotatable bonds is 5. The molecule has 0 aliphatic heterocycles. The van der Waals surface area contributed by atoms with Crippen molar-refractivity contribution in [3.8, 4) is 67.5 Å². The van der Waals surface area contributed by atoms with Gasteiger partial charge in [0.15, 0.2) is 29.4 Å². The second-order valence-corrected chi connectivity index (χ2v) is 17.2. The summed E-state index contributed by atoms with van der Waals surface area (Å²) >= 11 is 0. The maximum atomic E-state index is 7.37. The molecule has 1 aliphatic rings. The summed E-state index contributed by atoms with van der Waals surface area (Å²) in [6.45, 7) is 4.62. The summed E-state index contributed by atoms with van der Waals surface area (Å²) in [5.74, 6) is 1.89. The molecule has 0 amide bonds. The van der Waals surface area contributed by atoms with Gasteiger partial charge in [-0.1, -0.05) is 144 Å². The zero-order valence-corrected chi connectivity index (χ0v) is 35.7. The lowest BCUT2D eigenvalue weighted by atomic mass is 9.65. The molecule has 7 aromatic carbocycles. The van der Waals surface area contributed by atoms with E-state index in [9.17, 15) is 0 Å². The van der Waals surface area contributed by atoms with Gasteiger partial charge >= 0.3 is 0 Å². The predicted octanol–water partition coefficient (Wildman–Crippen LogP) is 2.10. The van der Waals surface area contributed by atoms with E-state index in [4.69, 9.17) is 23.8 Å². The Morgan fingerprint density at radius 3 is 1.56 bits per heavy atom. The lowest BCUT2D eigenvalue weighted by molar-refractivity contribution is 0.601. The van der Waals surface area contributed by atoms with Crippen molar-refractivity contribution in [3.05, 3.63) is 133 Å². The van der Waals surface area contributed by atoms with E-state index in [0.29, 0.717) is 17.5 Å². The zero-order valence-electron chi connectivity index (χ0n) is 35.7. The van der Waals surface area contributed by atoms with Crippen molar-refractivity contribution in [2.75, 3.05) is 0 Å². The van der Waals surface area contributed by atoms with Crippen LogP contribution < -0.4 is 32.8 Å². The van der Waals surface area contributed by atoms with E-state index in [0.717, 1.165) is 66.8 Å². The van der Waals surface area contributed by atoms with Crippen LogP contribution in [0.5, 0.6) is 0 Å². The Kier molecular flexibility index (Phi) is 8.31. The predicted molar refractivity (Wildman–Crippen MR) is 268 cm³/mol. The molecule has 3 aromatic heterocycles. The Labute approximate surface area is 359 Å². The molecule has 0 saturated carbocycles. The molecular formula is C49H38B6N4O2. The quantitative estimate of drug-likeness (QED) is 0.250. The van der Waals surface area contributed by atoms with Crippen LogP contribution in [0.2, 0.25) is 0 Å². The Morgan fingerprint density at radius 1 is 0.443 bits per heavy atom. The van der Waals surface area contributed by atoms with Gasteiger partial charge in [-0.05, 0) is 46.0 Å². The molecule has 61 heavy (non-hydrogen) atoms. The molecule has 11 rings (SSSR count). The average Bonchev–Trinajstić information content (AvgIpc) is 3.99. The first kappa shape index (κ1) is 37.2. The number of fused-ring (bicyclic) bond motifs is 8. The van der Waals surface area contributed by atoms with Crippen LogP contribution >= 0.6 is 0 Å². The molecule has 284 valence electrons. The van der Waals surface area contributed by atoms with Gasteiger partial charge in [0, 0.05) is 49.6 Å². The first-order valence-electron chi connectivity index (χ1n) is 21.0. The number of hydrogen-bond acceptors (Lipinski definition) is 6. The van der Waals surface area contributed by atoms with Gasteiger partial charge in [-0.25, -0.2) is 19.9 Å². The SMILES string of the molecule is Bc1c(B)c(B)c2c(oc3c(-c4ccc5c(c4)C(C)(C)c4ccc6ncoc6c4-5)c(B)c(B)c(B)c32)c1-c1cccc(-c2nc(-c3ccccc3)nc(-c3ccccc3)n2)c1. The van der Waals surface area contributed by atoms with Crippen LogP contribution in [0.4, 0.5) is 0 Å². The van der Waals surface area contributed by atoms with Crippen molar-refractivity contribution in [3.63, 3.8) is 0 Å². The summed E-state index contributed by atoms with van der Waals surface area (Å²) < 4.78 is 13.4. The number of oxazole rings is 1. The van der Waals surface area contributed by atoms with Gasteiger partial charge in [-0.3, -0.25) is 0 Å². The second kappa shape index (κ2) is 13.6. The Morgan fingerprint density at radius 2 is 0.967 bits per heavy atom. The number of hydrogen-bond donors (Lipinski definition) is 0. The Bertz CT molecular complexity index is 3420. The third kappa shape index (κ3) is 5.50. The third-order valence-corrected chi connectivity index (χ3v) is 13.6. The molecule has 0 bridgehead atoms. The maximum absolute atomic E-state index is 7.37. The van der Waals surface area contributed by atoms with E-state index >= 15 is 0 Å². The van der Waals surface area contributed by atoms with Crippen LogP contribution in [0, 0.1) is 0 Å². The smallest absolute Gasteiger partial charge is 0.182 e. The average molecular weight is 780 g/mol. The zero-order chi connectivity index (χ0) is 41.9. The fourth-order valence-electron chi connectivity index (χ4n) is 9.90. The number of furan rings is 1. The fraction of sp³-hybridized carbons (Fsp3) is 0.0612. The molecule has 3 heterocycles. The molecule has 0 radical (unpaired) electrons. The van der Waals surface area contributed by atoms with Gasteiger partial charge < -0.3 is 8.83 Å². The van der Waals surface area contributed by atoms with Crippen LogP contribution in [-0.2, 0) is 5.41 Å². The van der Waals surface area contributed by atoms with Crippen molar-refractivity contribution in [2.45, 2.75) is 19.3 Å². The van der Waals surface area contributed by atoms with Crippen LogP contribution in [0.3, 0.4) is 0 Å². The topological polar surface area (TPSA) is 77.8 Å². The summed E-state index contributed by atoms with van der Waals surface area (Å²) in [5.41, 5.74) is 22.8. The monoisotopic (exact) mass is 780 g/mol. The molecule has 0 fully saturated rings. The maximum Gasteiger partial charge on any atom is 0.182 e. The molecule has 0 spiro atoms. The number of aromatic nitrogens is 4. The van der Waals surface area contributed by atoms with E-state index in [1.54, 1.807) is 6.39 Å². The van der Waals surface area contributed by atoms with Gasteiger partial charge in [-0.2, -0.15) is 0 Å². The highest BCUT2D eigenvalue weighted by Gasteiger charge is 2.38. The minimum Gasteiger partial charge on any atom is -0.455 e. The number of nitrogens with zero attached hydrogens (tertiary/aromatic N) is 4. The highest BCUT2D eigenvalue weighted by Crippen LogP contribution is 2.52. The van der Waals surface area contributed by atoms with E-state index in [1.807, 2.05) is 60.7 Å². The molecule has 0 saturated heterocycles. The van der Waals surface area contributed by atoms with Crippen LogP contribution in [0.1, 0.15) is 25.0 Å².